The highest BCUT2D eigenvalue weighted by molar-refractivity contribution is 7.72. The minimum atomic E-state index is -2.80. The molecule has 0 bridgehead atoms. The van der Waals surface area contributed by atoms with Crippen molar-refractivity contribution in [2.75, 3.05) is 13.1 Å². The molecule has 3 rings (SSSR count). The summed E-state index contributed by atoms with van der Waals surface area (Å²) in [5, 5.41) is 5.86. The number of pyridine rings is 1. The molecule has 0 aliphatic carbocycles. The van der Waals surface area contributed by atoms with Crippen molar-refractivity contribution in [1.29, 1.82) is 0 Å². The Hall–Kier alpha value is -2.87. The number of amides is 1. The number of aromatic nitrogens is 1. The molecule has 2 heterocycles. The number of thiol groups is 1. The first-order valence-corrected chi connectivity index (χ1v) is 8.41. The quantitative estimate of drug-likeness (QED) is 0.595. The van der Waals surface area contributed by atoms with E-state index in [1.165, 1.54) is 24.4 Å². The number of carbonyl (C=O) groups excluding carboxylic acids is 1. The second kappa shape index (κ2) is 6.71. The first-order valence-electron chi connectivity index (χ1n) is 7.23. The minimum absolute atomic E-state index is 0.0316. The average Bonchev–Trinajstić information content (AvgIpc) is 2.60. The highest BCUT2D eigenvalue weighted by atomic mass is 32.2. The number of fused-ring (bicyclic) bond motifs is 1. The van der Waals surface area contributed by atoms with Crippen LogP contribution in [0.1, 0.15) is 10.4 Å². The zero-order valence-corrected chi connectivity index (χ0v) is 13.4. The van der Waals surface area contributed by atoms with E-state index in [-0.39, 0.29) is 22.4 Å². The second-order valence-electron chi connectivity index (χ2n) is 5.23. The number of rotatable bonds is 4. The van der Waals surface area contributed by atoms with Crippen molar-refractivity contribution in [1.82, 2.24) is 15.6 Å². The van der Waals surface area contributed by atoms with Gasteiger partial charge in [-0.05, 0) is 23.8 Å². The van der Waals surface area contributed by atoms with E-state index in [4.69, 9.17) is 0 Å². The molecule has 1 aliphatic heterocycles. The summed E-state index contributed by atoms with van der Waals surface area (Å²) in [5.74, 6) is -0.519. The summed E-state index contributed by atoms with van der Waals surface area (Å²) in [5.41, 5.74) is 0.789. The maximum Gasteiger partial charge on any atom is 0.257 e. The van der Waals surface area contributed by atoms with E-state index < -0.39 is 22.0 Å². The van der Waals surface area contributed by atoms with Crippen molar-refractivity contribution in [3.05, 3.63) is 64.1 Å². The molecule has 24 heavy (non-hydrogen) atoms. The van der Waals surface area contributed by atoms with Gasteiger partial charge in [-0.1, -0.05) is 12.2 Å². The summed E-state index contributed by atoms with van der Waals surface area (Å²) in [7, 11) is -2.80. The fraction of sp³-hybridized carbons (Fsp3) is 0.125. The van der Waals surface area contributed by atoms with Crippen molar-refractivity contribution >= 4 is 27.5 Å². The van der Waals surface area contributed by atoms with Gasteiger partial charge in [0.2, 0.25) is 5.43 Å². The molecule has 1 aromatic heterocycles. The fourth-order valence-corrected chi connectivity index (χ4v) is 2.82. The number of dihydropyridines is 1. The van der Waals surface area contributed by atoms with Crippen LogP contribution >= 0.6 is 0 Å². The van der Waals surface area contributed by atoms with Gasteiger partial charge >= 0.3 is 0 Å². The SMILES string of the molecule is O=C(NCC1=CNCC=C1)c1c[nH]c2ccc([SH](=O)=O)cc2c1=O. The van der Waals surface area contributed by atoms with E-state index in [0.717, 1.165) is 12.1 Å². The number of nitrogens with one attached hydrogen (secondary N) is 3. The van der Waals surface area contributed by atoms with Gasteiger partial charge in [0.1, 0.15) is 5.56 Å². The predicted molar refractivity (Wildman–Crippen MR) is 90.7 cm³/mol. The van der Waals surface area contributed by atoms with E-state index in [0.29, 0.717) is 5.52 Å². The van der Waals surface area contributed by atoms with E-state index in [9.17, 15) is 18.0 Å². The smallest absolute Gasteiger partial charge is 0.257 e. The standard InChI is InChI=1S/C16H15N3O4S/c20-15-12-6-11(24(22)23)3-4-14(12)18-9-13(15)16(21)19-8-10-2-1-5-17-7-10/h1-4,6-7,9,17,24H,5,8H2,(H,18,20)(H,19,21). The predicted octanol–water partition coefficient (Wildman–Crippen LogP) is 0.271. The third kappa shape index (κ3) is 3.23. The lowest BCUT2D eigenvalue weighted by Gasteiger charge is -2.10. The van der Waals surface area contributed by atoms with Gasteiger partial charge in [0, 0.05) is 36.4 Å². The van der Waals surface area contributed by atoms with Crippen molar-refractivity contribution in [2.45, 2.75) is 4.90 Å². The zero-order valence-electron chi connectivity index (χ0n) is 12.5. The van der Waals surface area contributed by atoms with E-state index in [1.807, 2.05) is 12.2 Å². The van der Waals surface area contributed by atoms with Gasteiger partial charge < -0.3 is 15.6 Å². The normalized spacial score (nSPS) is 13.6. The van der Waals surface area contributed by atoms with Crippen LogP contribution in [0.15, 0.2) is 58.0 Å². The van der Waals surface area contributed by atoms with Crippen LogP contribution in [-0.4, -0.2) is 32.4 Å². The van der Waals surface area contributed by atoms with Crippen molar-refractivity contribution in [2.24, 2.45) is 0 Å². The largest absolute Gasteiger partial charge is 0.387 e. The Balaban J connectivity index is 1.89. The molecule has 0 fully saturated rings. The molecule has 0 radical (unpaired) electrons. The number of aromatic amines is 1. The van der Waals surface area contributed by atoms with Crippen LogP contribution in [0.3, 0.4) is 0 Å². The van der Waals surface area contributed by atoms with Gasteiger partial charge in [-0.15, -0.1) is 0 Å². The molecule has 8 heteroatoms. The molecule has 0 saturated carbocycles. The Morgan fingerprint density at radius 1 is 1.29 bits per heavy atom. The molecular formula is C16H15N3O4S. The van der Waals surface area contributed by atoms with Crippen molar-refractivity contribution in [3.63, 3.8) is 0 Å². The fourth-order valence-electron chi connectivity index (χ4n) is 2.39. The second-order valence-corrected chi connectivity index (χ2v) is 6.26. The van der Waals surface area contributed by atoms with Gasteiger partial charge in [-0.25, -0.2) is 8.42 Å². The van der Waals surface area contributed by atoms with E-state index in [2.05, 4.69) is 15.6 Å². The van der Waals surface area contributed by atoms with Gasteiger partial charge in [-0.2, -0.15) is 0 Å². The highest BCUT2D eigenvalue weighted by Gasteiger charge is 2.14. The van der Waals surface area contributed by atoms with Crippen LogP contribution in [-0.2, 0) is 10.7 Å². The topological polar surface area (TPSA) is 108 Å². The highest BCUT2D eigenvalue weighted by Crippen LogP contribution is 2.12. The Morgan fingerprint density at radius 3 is 2.83 bits per heavy atom. The number of carbonyl (C=O) groups is 1. The molecule has 0 unspecified atom stereocenters. The average molecular weight is 345 g/mol. The van der Waals surface area contributed by atoms with Crippen LogP contribution in [0.2, 0.25) is 0 Å². The van der Waals surface area contributed by atoms with Gasteiger partial charge in [0.15, 0.2) is 10.7 Å². The molecule has 2 aromatic rings. The minimum Gasteiger partial charge on any atom is -0.387 e. The van der Waals surface area contributed by atoms with Crippen LogP contribution in [0.5, 0.6) is 0 Å². The summed E-state index contributed by atoms with van der Waals surface area (Å²) in [6.07, 6.45) is 6.94. The van der Waals surface area contributed by atoms with Gasteiger partial charge in [0.05, 0.1) is 4.90 Å². The van der Waals surface area contributed by atoms with Crippen LogP contribution in [0.25, 0.3) is 10.9 Å². The van der Waals surface area contributed by atoms with Crippen molar-refractivity contribution < 1.29 is 13.2 Å². The molecule has 0 saturated heterocycles. The van der Waals surface area contributed by atoms with Gasteiger partial charge in [-0.3, -0.25) is 9.59 Å². The Kier molecular flexibility index (Phi) is 4.48. The first-order chi connectivity index (χ1) is 11.6. The van der Waals surface area contributed by atoms with Crippen LogP contribution in [0, 0.1) is 0 Å². The maximum atomic E-state index is 12.5. The maximum absolute atomic E-state index is 12.5. The van der Waals surface area contributed by atoms with Crippen molar-refractivity contribution in [3.8, 4) is 0 Å². The number of benzene rings is 1. The molecule has 0 atom stereocenters. The monoisotopic (exact) mass is 345 g/mol. The summed E-state index contributed by atoms with van der Waals surface area (Å²) in [6.45, 7) is 1.03. The molecule has 1 aromatic carbocycles. The summed E-state index contributed by atoms with van der Waals surface area (Å²) in [6, 6.07) is 4.17. The van der Waals surface area contributed by atoms with Crippen LogP contribution < -0.4 is 16.1 Å². The van der Waals surface area contributed by atoms with Gasteiger partial charge in [0.25, 0.3) is 5.91 Å². The molecule has 124 valence electrons. The third-order valence-electron chi connectivity index (χ3n) is 3.63. The summed E-state index contributed by atoms with van der Waals surface area (Å²) >= 11 is 0. The molecular weight excluding hydrogens is 330 g/mol. The summed E-state index contributed by atoms with van der Waals surface area (Å²) in [4.78, 5) is 27.6. The number of hydrogen-bond donors (Lipinski definition) is 4. The lowest BCUT2D eigenvalue weighted by Crippen LogP contribution is -2.31. The molecule has 0 spiro atoms. The zero-order chi connectivity index (χ0) is 17.1. The Labute approximate surface area is 139 Å². The number of hydrogen-bond acceptors (Lipinski definition) is 5. The van der Waals surface area contributed by atoms with Crippen LogP contribution in [0.4, 0.5) is 0 Å². The number of H-pyrrole nitrogens is 1. The Morgan fingerprint density at radius 2 is 2.12 bits per heavy atom. The first kappa shape index (κ1) is 16.0. The molecule has 3 N–H and O–H groups in total. The lowest BCUT2D eigenvalue weighted by atomic mass is 10.1. The molecule has 7 nitrogen and oxygen atoms in total. The lowest BCUT2D eigenvalue weighted by molar-refractivity contribution is 0.0956. The van der Waals surface area contributed by atoms with E-state index in [1.54, 1.807) is 6.20 Å². The van der Waals surface area contributed by atoms with E-state index >= 15 is 0 Å². The third-order valence-corrected chi connectivity index (χ3v) is 4.33. The molecule has 1 aliphatic rings. The summed E-state index contributed by atoms with van der Waals surface area (Å²) < 4.78 is 22.2. The Bertz CT molecular complexity index is 994. The molecule has 1 amide bonds.